The van der Waals surface area contributed by atoms with Crippen molar-refractivity contribution in [2.75, 3.05) is 7.05 Å². The standard InChI is InChI=1S/C17H21FN2/c1-12(2)14-6-4-13(5-7-14)10-17(19-3)16-9-8-15(18)11-20-16/h4-9,11-12,17,19H,10H2,1-3H3. The topological polar surface area (TPSA) is 24.9 Å². The summed E-state index contributed by atoms with van der Waals surface area (Å²) >= 11 is 0. The molecule has 0 aliphatic carbocycles. The number of rotatable bonds is 5. The minimum atomic E-state index is -0.301. The Labute approximate surface area is 120 Å². The second-order valence-electron chi connectivity index (χ2n) is 5.34. The Bertz CT molecular complexity index is 532. The SMILES string of the molecule is CNC(Cc1ccc(C(C)C)cc1)c1ccc(F)cn1. The predicted molar refractivity (Wildman–Crippen MR) is 80.2 cm³/mol. The Balaban J connectivity index is 2.11. The average molecular weight is 272 g/mol. The van der Waals surface area contributed by atoms with E-state index in [1.165, 1.54) is 23.4 Å². The number of likely N-dealkylation sites (N-methyl/N-ethyl adjacent to an activating group) is 1. The van der Waals surface area contributed by atoms with Gasteiger partial charge in [0.2, 0.25) is 0 Å². The maximum absolute atomic E-state index is 12.9. The maximum atomic E-state index is 12.9. The van der Waals surface area contributed by atoms with Crippen LogP contribution in [0.2, 0.25) is 0 Å². The highest BCUT2D eigenvalue weighted by atomic mass is 19.1. The lowest BCUT2D eigenvalue weighted by Gasteiger charge is -2.16. The van der Waals surface area contributed by atoms with E-state index in [9.17, 15) is 4.39 Å². The normalized spacial score (nSPS) is 12.7. The van der Waals surface area contributed by atoms with Gasteiger partial charge in [0.05, 0.1) is 17.9 Å². The molecule has 0 bridgehead atoms. The molecule has 20 heavy (non-hydrogen) atoms. The molecule has 0 aliphatic rings. The molecule has 0 aliphatic heterocycles. The van der Waals surface area contributed by atoms with Gasteiger partial charge in [0, 0.05) is 0 Å². The molecule has 2 rings (SSSR count). The summed E-state index contributed by atoms with van der Waals surface area (Å²) in [7, 11) is 1.90. The molecule has 2 aromatic rings. The van der Waals surface area contributed by atoms with E-state index in [1.54, 1.807) is 6.07 Å². The van der Waals surface area contributed by atoms with Crippen LogP contribution in [0, 0.1) is 5.82 Å². The molecule has 0 saturated heterocycles. The largest absolute Gasteiger partial charge is 0.311 e. The highest BCUT2D eigenvalue weighted by Gasteiger charge is 2.12. The van der Waals surface area contributed by atoms with Crippen molar-refractivity contribution in [1.29, 1.82) is 0 Å². The van der Waals surface area contributed by atoms with Crippen LogP contribution in [-0.4, -0.2) is 12.0 Å². The summed E-state index contributed by atoms with van der Waals surface area (Å²) in [6.45, 7) is 4.38. The summed E-state index contributed by atoms with van der Waals surface area (Å²) in [5.41, 5.74) is 3.45. The fourth-order valence-electron chi connectivity index (χ4n) is 2.22. The Morgan fingerprint density at radius 2 is 1.80 bits per heavy atom. The van der Waals surface area contributed by atoms with Crippen molar-refractivity contribution in [2.24, 2.45) is 0 Å². The van der Waals surface area contributed by atoms with E-state index in [1.807, 2.05) is 7.05 Å². The van der Waals surface area contributed by atoms with Crippen LogP contribution >= 0.6 is 0 Å². The number of nitrogens with one attached hydrogen (secondary N) is 1. The third-order valence-electron chi connectivity index (χ3n) is 3.54. The summed E-state index contributed by atoms with van der Waals surface area (Å²) in [5.74, 6) is 0.243. The molecule has 0 saturated carbocycles. The van der Waals surface area contributed by atoms with E-state index < -0.39 is 0 Å². The minimum Gasteiger partial charge on any atom is -0.311 e. The smallest absolute Gasteiger partial charge is 0.141 e. The average Bonchev–Trinajstić information content (AvgIpc) is 2.46. The lowest BCUT2D eigenvalue weighted by molar-refractivity contribution is 0.565. The third-order valence-corrected chi connectivity index (χ3v) is 3.54. The van der Waals surface area contributed by atoms with Gasteiger partial charge in [0.15, 0.2) is 0 Å². The summed E-state index contributed by atoms with van der Waals surface area (Å²) in [6.07, 6.45) is 2.11. The molecule has 3 heteroatoms. The van der Waals surface area contributed by atoms with Crippen LogP contribution < -0.4 is 5.32 Å². The van der Waals surface area contributed by atoms with E-state index in [0.29, 0.717) is 5.92 Å². The second kappa shape index (κ2) is 6.62. The van der Waals surface area contributed by atoms with Crippen molar-refractivity contribution in [3.8, 4) is 0 Å². The van der Waals surface area contributed by atoms with E-state index in [-0.39, 0.29) is 11.9 Å². The number of benzene rings is 1. The van der Waals surface area contributed by atoms with Gasteiger partial charge in [-0.3, -0.25) is 4.98 Å². The van der Waals surface area contributed by atoms with E-state index in [0.717, 1.165) is 12.1 Å². The fourth-order valence-corrected chi connectivity index (χ4v) is 2.22. The number of pyridine rings is 1. The highest BCUT2D eigenvalue weighted by Crippen LogP contribution is 2.19. The second-order valence-corrected chi connectivity index (χ2v) is 5.34. The zero-order valence-corrected chi connectivity index (χ0v) is 12.2. The molecule has 2 nitrogen and oxygen atoms in total. The summed E-state index contributed by atoms with van der Waals surface area (Å²) in [5, 5.41) is 3.24. The van der Waals surface area contributed by atoms with Crippen LogP contribution in [-0.2, 0) is 6.42 Å². The molecule has 106 valence electrons. The molecule has 0 fully saturated rings. The van der Waals surface area contributed by atoms with Crippen LogP contribution in [0.1, 0.15) is 42.6 Å². The van der Waals surface area contributed by atoms with Crippen molar-refractivity contribution in [1.82, 2.24) is 10.3 Å². The summed E-state index contributed by atoms with van der Waals surface area (Å²) in [4.78, 5) is 4.15. The van der Waals surface area contributed by atoms with Crippen molar-refractivity contribution in [3.63, 3.8) is 0 Å². The Hall–Kier alpha value is -1.74. The number of hydrogen-bond acceptors (Lipinski definition) is 2. The van der Waals surface area contributed by atoms with Gasteiger partial charge in [-0.1, -0.05) is 38.1 Å². The molecule has 1 aromatic carbocycles. The number of aromatic nitrogens is 1. The first kappa shape index (κ1) is 14.7. The molecule has 1 atom stereocenters. The Kier molecular flexibility index (Phi) is 4.85. The highest BCUT2D eigenvalue weighted by molar-refractivity contribution is 5.26. The molecule has 0 amide bonds. The van der Waals surface area contributed by atoms with Crippen LogP contribution in [0.15, 0.2) is 42.6 Å². The molecular formula is C17H21FN2. The molecule has 1 heterocycles. The Morgan fingerprint density at radius 1 is 1.10 bits per heavy atom. The summed E-state index contributed by atoms with van der Waals surface area (Å²) < 4.78 is 12.9. The maximum Gasteiger partial charge on any atom is 0.141 e. The summed E-state index contributed by atoms with van der Waals surface area (Å²) in [6, 6.07) is 11.9. The minimum absolute atomic E-state index is 0.0977. The van der Waals surface area contributed by atoms with Gasteiger partial charge < -0.3 is 5.32 Å². The molecule has 1 unspecified atom stereocenters. The first-order chi connectivity index (χ1) is 9.60. The van der Waals surface area contributed by atoms with Crippen LogP contribution in [0.3, 0.4) is 0 Å². The van der Waals surface area contributed by atoms with Gasteiger partial charge in [0.1, 0.15) is 5.82 Å². The van der Waals surface area contributed by atoms with Gasteiger partial charge in [-0.15, -0.1) is 0 Å². The molecule has 1 N–H and O–H groups in total. The number of hydrogen-bond donors (Lipinski definition) is 1. The molecule has 0 spiro atoms. The zero-order valence-electron chi connectivity index (χ0n) is 12.2. The monoisotopic (exact) mass is 272 g/mol. The number of nitrogens with zero attached hydrogens (tertiary/aromatic N) is 1. The lowest BCUT2D eigenvalue weighted by atomic mass is 9.98. The van der Waals surface area contributed by atoms with Crippen LogP contribution in [0.4, 0.5) is 4.39 Å². The molecule has 1 aromatic heterocycles. The van der Waals surface area contributed by atoms with E-state index in [4.69, 9.17) is 0 Å². The number of halogens is 1. The first-order valence-corrected chi connectivity index (χ1v) is 6.97. The lowest BCUT2D eigenvalue weighted by Crippen LogP contribution is -2.20. The molecular weight excluding hydrogens is 251 g/mol. The third kappa shape index (κ3) is 3.64. The van der Waals surface area contributed by atoms with Crippen molar-refractivity contribution in [2.45, 2.75) is 32.2 Å². The van der Waals surface area contributed by atoms with Gasteiger partial charge in [0.25, 0.3) is 0 Å². The predicted octanol–water partition coefficient (Wildman–Crippen LogP) is 3.85. The molecule has 0 radical (unpaired) electrons. The van der Waals surface area contributed by atoms with Crippen molar-refractivity contribution in [3.05, 3.63) is 65.2 Å². The van der Waals surface area contributed by atoms with Gasteiger partial charge >= 0.3 is 0 Å². The fraction of sp³-hybridized carbons (Fsp3) is 0.353. The Morgan fingerprint density at radius 3 is 2.30 bits per heavy atom. The van der Waals surface area contributed by atoms with Gasteiger partial charge in [-0.2, -0.15) is 0 Å². The van der Waals surface area contributed by atoms with Crippen LogP contribution in [0.5, 0.6) is 0 Å². The quantitative estimate of drug-likeness (QED) is 0.894. The van der Waals surface area contributed by atoms with Gasteiger partial charge in [-0.05, 0) is 42.6 Å². The first-order valence-electron chi connectivity index (χ1n) is 6.97. The van der Waals surface area contributed by atoms with Crippen LogP contribution in [0.25, 0.3) is 0 Å². The van der Waals surface area contributed by atoms with Crippen molar-refractivity contribution >= 4 is 0 Å². The van der Waals surface area contributed by atoms with Gasteiger partial charge in [-0.25, -0.2) is 4.39 Å². The zero-order chi connectivity index (χ0) is 14.5. The van der Waals surface area contributed by atoms with Crippen molar-refractivity contribution < 1.29 is 4.39 Å². The van der Waals surface area contributed by atoms with E-state index in [2.05, 4.69) is 48.4 Å². The van der Waals surface area contributed by atoms with E-state index >= 15 is 0 Å².